The third-order valence-electron chi connectivity index (χ3n) is 1.82. The monoisotopic (exact) mass is 234 g/mol. The highest BCUT2D eigenvalue weighted by Crippen LogP contribution is 2.14. The van der Waals surface area contributed by atoms with Gasteiger partial charge < -0.3 is 5.32 Å². The first-order valence-electron chi connectivity index (χ1n) is 4.44. The third-order valence-corrected chi connectivity index (χ3v) is 2.15. The second kappa shape index (κ2) is 4.67. The van der Waals surface area contributed by atoms with Crippen molar-refractivity contribution in [1.29, 1.82) is 0 Å². The molecular formula is C10H7ClN4O. The van der Waals surface area contributed by atoms with Gasteiger partial charge in [-0.25, -0.2) is 4.98 Å². The van der Waals surface area contributed by atoms with Crippen molar-refractivity contribution in [2.24, 2.45) is 0 Å². The molecule has 0 fully saturated rings. The summed E-state index contributed by atoms with van der Waals surface area (Å²) in [6.45, 7) is 0. The molecule has 0 atom stereocenters. The Balaban J connectivity index is 2.19. The Kier molecular flexibility index (Phi) is 3.07. The van der Waals surface area contributed by atoms with Crippen LogP contribution in [0.2, 0.25) is 5.02 Å². The molecule has 5 nitrogen and oxygen atoms in total. The SMILES string of the molecule is O=C(Nc1cnccn1)c1cnccc1Cl. The van der Waals surface area contributed by atoms with Crippen LogP contribution in [0.15, 0.2) is 37.1 Å². The van der Waals surface area contributed by atoms with Crippen LogP contribution in [0.1, 0.15) is 10.4 Å². The van der Waals surface area contributed by atoms with Gasteiger partial charge in [-0.1, -0.05) is 11.6 Å². The normalized spacial score (nSPS) is 9.81. The highest BCUT2D eigenvalue weighted by atomic mass is 35.5. The molecule has 0 aliphatic carbocycles. The predicted octanol–water partition coefficient (Wildman–Crippen LogP) is 1.78. The Morgan fingerprint density at radius 3 is 2.69 bits per heavy atom. The van der Waals surface area contributed by atoms with Gasteiger partial charge in [0.1, 0.15) is 0 Å². The fraction of sp³-hybridized carbons (Fsp3) is 0. The Morgan fingerprint density at radius 1 is 1.19 bits per heavy atom. The molecule has 0 aliphatic rings. The number of hydrogen-bond acceptors (Lipinski definition) is 4. The van der Waals surface area contributed by atoms with Crippen LogP contribution in [0.3, 0.4) is 0 Å². The van der Waals surface area contributed by atoms with Crippen molar-refractivity contribution in [2.45, 2.75) is 0 Å². The summed E-state index contributed by atoms with van der Waals surface area (Å²) >= 11 is 5.85. The second-order valence-electron chi connectivity index (χ2n) is 2.90. The average Bonchev–Trinajstić information content (AvgIpc) is 2.31. The van der Waals surface area contributed by atoms with Gasteiger partial charge in [0.2, 0.25) is 0 Å². The summed E-state index contributed by atoms with van der Waals surface area (Å²) in [6.07, 6.45) is 7.37. The Hall–Kier alpha value is -2.01. The molecule has 6 heteroatoms. The highest BCUT2D eigenvalue weighted by Gasteiger charge is 2.10. The minimum atomic E-state index is -0.362. The van der Waals surface area contributed by atoms with Gasteiger partial charge in [-0.15, -0.1) is 0 Å². The van der Waals surface area contributed by atoms with Crippen molar-refractivity contribution in [3.8, 4) is 0 Å². The van der Waals surface area contributed by atoms with E-state index in [-0.39, 0.29) is 5.91 Å². The van der Waals surface area contributed by atoms with E-state index in [0.717, 1.165) is 0 Å². The van der Waals surface area contributed by atoms with Gasteiger partial charge in [-0.05, 0) is 6.07 Å². The van der Waals surface area contributed by atoms with Crippen LogP contribution in [0.25, 0.3) is 0 Å². The van der Waals surface area contributed by atoms with E-state index >= 15 is 0 Å². The Labute approximate surface area is 96.5 Å². The zero-order chi connectivity index (χ0) is 11.4. The molecule has 0 spiro atoms. The van der Waals surface area contributed by atoms with Gasteiger partial charge in [0.25, 0.3) is 5.91 Å². The first-order valence-corrected chi connectivity index (χ1v) is 4.82. The number of aromatic nitrogens is 3. The fourth-order valence-corrected chi connectivity index (χ4v) is 1.28. The summed E-state index contributed by atoms with van der Waals surface area (Å²) in [5, 5.41) is 2.91. The number of carbonyl (C=O) groups is 1. The van der Waals surface area contributed by atoms with Gasteiger partial charge in [-0.2, -0.15) is 0 Å². The lowest BCUT2D eigenvalue weighted by atomic mass is 10.2. The van der Waals surface area contributed by atoms with E-state index in [0.29, 0.717) is 16.4 Å². The van der Waals surface area contributed by atoms with Crippen LogP contribution in [-0.2, 0) is 0 Å². The molecule has 16 heavy (non-hydrogen) atoms. The van der Waals surface area contributed by atoms with Crippen molar-refractivity contribution in [3.63, 3.8) is 0 Å². The number of rotatable bonds is 2. The maximum Gasteiger partial charge on any atom is 0.259 e. The first-order chi connectivity index (χ1) is 7.77. The summed E-state index contributed by atoms with van der Waals surface area (Å²) in [5.74, 6) is 0.00557. The number of nitrogens with one attached hydrogen (secondary N) is 1. The van der Waals surface area contributed by atoms with E-state index in [1.807, 2.05) is 0 Å². The maximum atomic E-state index is 11.7. The van der Waals surface area contributed by atoms with E-state index in [2.05, 4.69) is 20.3 Å². The van der Waals surface area contributed by atoms with Crippen LogP contribution >= 0.6 is 11.6 Å². The third kappa shape index (κ3) is 2.32. The molecule has 80 valence electrons. The number of halogens is 1. The molecule has 0 radical (unpaired) electrons. The molecular weight excluding hydrogens is 228 g/mol. The minimum absolute atomic E-state index is 0.301. The quantitative estimate of drug-likeness (QED) is 0.860. The van der Waals surface area contributed by atoms with Crippen LogP contribution in [0.4, 0.5) is 5.82 Å². The van der Waals surface area contributed by atoms with Crippen molar-refractivity contribution < 1.29 is 4.79 Å². The maximum absolute atomic E-state index is 11.7. The van der Waals surface area contributed by atoms with Crippen LogP contribution in [-0.4, -0.2) is 20.9 Å². The van der Waals surface area contributed by atoms with Crippen LogP contribution in [0.5, 0.6) is 0 Å². The number of amides is 1. The van der Waals surface area contributed by atoms with E-state index in [9.17, 15) is 4.79 Å². The van der Waals surface area contributed by atoms with Gasteiger partial charge in [0, 0.05) is 24.8 Å². The average molecular weight is 235 g/mol. The van der Waals surface area contributed by atoms with E-state index in [1.165, 1.54) is 31.0 Å². The molecule has 0 aliphatic heterocycles. The zero-order valence-electron chi connectivity index (χ0n) is 8.09. The molecule has 0 unspecified atom stereocenters. The lowest BCUT2D eigenvalue weighted by molar-refractivity contribution is 0.102. The smallest absolute Gasteiger partial charge is 0.259 e. The number of anilines is 1. The van der Waals surface area contributed by atoms with Gasteiger partial charge in [0.05, 0.1) is 16.8 Å². The molecule has 0 aromatic carbocycles. The molecule has 0 saturated heterocycles. The van der Waals surface area contributed by atoms with Crippen molar-refractivity contribution >= 4 is 23.3 Å². The molecule has 2 heterocycles. The molecule has 0 saturated carbocycles. The predicted molar refractivity (Wildman–Crippen MR) is 59.2 cm³/mol. The summed E-state index contributed by atoms with van der Waals surface area (Å²) in [4.78, 5) is 23.3. The van der Waals surface area contributed by atoms with E-state index < -0.39 is 0 Å². The largest absolute Gasteiger partial charge is 0.305 e. The highest BCUT2D eigenvalue weighted by molar-refractivity contribution is 6.34. The summed E-state index contributed by atoms with van der Waals surface area (Å²) in [5.41, 5.74) is 0.301. The molecule has 2 rings (SSSR count). The summed E-state index contributed by atoms with van der Waals surface area (Å²) in [6, 6.07) is 1.55. The van der Waals surface area contributed by atoms with Crippen molar-refractivity contribution in [1.82, 2.24) is 15.0 Å². The number of carbonyl (C=O) groups excluding carboxylic acids is 1. The van der Waals surface area contributed by atoms with Gasteiger partial charge >= 0.3 is 0 Å². The summed E-state index contributed by atoms with van der Waals surface area (Å²) < 4.78 is 0. The number of hydrogen-bond donors (Lipinski definition) is 1. The molecule has 2 aromatic heterocycles. The first kappa shape index (κ1) is 10.5. The Bertz CT molecular complexity index is 503. The summed E-state index contributed by atoms with van der Waals surface area (Å²) in [7, 11) is 0. The topological polar surface area (TPSA) is 67.8 Å². The number of nitrogens with zero attached hydrogens (tertiary/aromatic N) is 3. The molecule has 0 bridgehead atoms. The number of pyridine rings is 1. The second-order valence-corrected chi connectivity index (χ2v) is 3.31. The lowest BCUT2D eigenvalue weighted by Gasteiger charge is -2.04. The van der Waals surface area contributed by atoms with E-state index in [4.69, 9.17) is 11.6 Å². The van der Waals surface area contributed by atoms with Crippen LogP contribution < -0.4 is 5.32 Å². The zero-order valence-corrected chi connectivity index (χ0v) is 8.85. The lowest BCUT2D eigenvalue weighted by Crippen LogP contribution is -2.13. The van der Waals surface area contributed by atoms with Gasteiger partial charge in [-0.3, -0.25) is 14.8 Å². The van der Waals surface area contributed by atoms with Crippen LogP contribution in [0, 0.1) is 0 Å². The Morgan fingerprint density at radius 2 is 2.00 bits per heavy atom. The molecule has 1 N–H and O–H groups in total. The van der Waals surface area contributed by atoms with E-state index in [1.54, 1.807) is 6.07 Å². The standard InChI is InChI=1S/C10H7ClN4O/c11-8-1-2-12-5-7(8)10(16)15-9-6-13-3-4-14-9/h1-6H,(H,14,15,16). The fourth-order valence-electron chi connectivity index (χ4n) is 1.09. The minimum Gasteiger partial charge on any atom is -0.305 e. The van der Waals surface area contributed by atoms with Gasteiger partial charge in [0.15, 0.2) is 5.82 Å². The molecule has 2 aromatic rings. The van der Waals surface area contributed by atoms with Crippen molar-refractivity contribution in [2.75, 3.05) is 5.32 Å². The molecule has 1 amide bonds. The van der Waals surface area contributed by atoms with Crippen molar-refractivity contribution in [3.05, 3.63) is 47.6 Å².